The second-order valence-electron chi connectivity index (χ2n) is 5.16. The standard InChI is InChI=1S/C16H27N.BrH/c1-4-5-6-10-13-16(17(2)3)14-15-11-8-7-9-12-15;/h7-9,11-12,16H,4-6,10,13-14H2,1-3H3;1H. The lowest BCUT2D eigenvalue weighted by molar-refractivity contribution is 0.270. The summed E-state index contributed by atoms with van der Waals surface area (Å²) in [4.78, 5) is 2.37. The molecule has 104 valence electrons. The molecule has 0 bridgehead atoms. The molecule has 1 rings (SSSR count). The van der Waals surface area contributed by atoms with Gasteiger partial charge in [-0.3, -0.25) is 0 Å². The number of rotatable bonds is 8. The van der Waals surface area contributed by atoms with Gasteiger partial charge in [0.2, 0.25) is 0 Å². The van der Waals surface area contributed by atoms with Gasteiger partial charge >= 0.3 is 0 Å². The molecule has 0 aromatic heterocycles. The smallest absolute Gasteiger partial charge is 0.0130 e. The highest BCUT2D eigenvalue weighted by Crippen LogP contribution is 2.14. The maximum absolute atomic E-state index is 2.37. The second-order valence-corrected chi connectivity index (χ2v) is 5.16. The zero-order valence-electron chi connectivity index (χ0n) is 12.1. The molecule has 0 aliphatic carbocycles. The normalized spacial score (nSPS) is 12.2. The summed E-state index contributed by atoms with van der Waals surface area (Å²) >= 11 is 0. The molecule has 0 amide bonds. The Morgan fingerprint density at radius 1 is 1.00 bits per heavy atom. The minimum absolute atomic E-state index is 0. The average molecular weight is 314 g/mol. The number of benzene rings is 1. The van der Waals surface area contributed by atoms with Gasteiger partial charge < -0.3 is 4.90 Å². The largest absolute Gasteiger partial charge is 0.306 e. The Morgan fingerprint density at radius 3 is 2.22 bits per heavy atom. The number of likely N-dealkylation sites (N-methyl/N-ethyl adjacent to an activating group) is 1. The summed E-state index contributed by atoms with van der Waals surface area (Å²) in [5.74, 6) is 0. The third-order valence-corrected chi connectivity index (χ3v) is 3.44. The molecule has 0 aliphatic rings. The van der Waals surface area contributed by atoms with Crippen molar-refractivity contribution >= 4 is 17.0 Å². The van der Waals surface area contributed by atoms with Gasteiger partial charge in [0, 0.05) is 6.04 Å². The minimum Gasteiger partial charge on any atom is -0.306 e. The molecule has 1 nitrogen and oxygen atoms in total. The first kappa shape index (κ1) is 17.7. The molecule has 1 unspecified atom stereocenters. The van der Waals surface area contributed by atoms with Crippen LogP contribution in [0.3, 0.4) is 0 Å². The van der Waals surface area contributed by atoms with E-state index in [9.17, 15) is 0 Å². The quantitative estimate of drug-likeness (QED) is 0.628. The number of unbranched alkanes of at least 4 members (excludes halogenated alkanes) is 3. The topological polar surface area (TPSA) is 3.24 Å². The average Bonchev–Trinajstić information content (AvgIpc) is 2.34. The molecule has 0 N–H and O–H groups in total. The van der Waals surface area contributed by atoms with Gasteiger partial charge in [-0.05, 0) is 32.5 Å². The highest BCUT2D eigenvalue weighted by Gasteiger charge is 2.11. The van der Waals surface area contributed by atoms with Crippen molar-refractivity contribution in [2.75, 3.05) is 14.1 Å². The van der Waals surface area contributed by atoms with Crippen LogP contribution in [0.2, 0.25) is 0 Å². The van der Waals surface area contributed by atoms with Gasteiger partial charge in [0.05, 0.1) is 0 Å². The van der Waals surface area contributed by atoms with Crippen LogP contribution in [-0.2, 0) is 6.42 Å². The predicted molar refractivity (Wildman–Crippen MR) is 86.7 cm³/mol. The highest BCUT2D eigenvalue weighted by atomic mass is 79.9. The molecule has 1 aromatic carbocycles. The summed E-state index contributed by atoms with van der Waals surface area (Å²) in [7, 11) is 4.40. The monoisotopic (exact) mass is 313 g/mol. The lowest BCUT2D eigenvalue weighted by atomic mass is 9.99. The molecule has 0 saturated heterocycles. The van der Waals surface area contributed by atoms with Crippen LogP contribution in [0.4, 0.5) is 0 Å². The van der Waals surface area contributed by atoms with E-state index < -0.39 is 0 Å². The lowest BCUT2D eigenvalue weighted by Crippen LogP contribution is -2.30. The van der Waals surface area contributed by atoms with Crippen molar-refractivity contribution < 1.29 is 0 Å². The fraction of sp³-hybridized carbons (Fsp3) is 0.625. The molecule has 18 heavy (non-hydrogen) atoms. The van der Waals surface area contributed by atoms with Crippen molar-refractivity contribution in [3.8, 4) is 0 Å². The van der Waals surface area contributed by atoms with Crippen LogP contribution in [0.5, 0.6) is 0 Å². The Hall–Kier alpha value is -0.340. The number of hydrogen-bond acceptors (Lipinski definition) is 1. The van der Waals surface area contributed by atoms with E-state index in [0.717, 1.165) is 0 Å². The summed E-state index contributed by atoms with van der Waals surface area (Å²) < 4.78 is 0. The summed E-state index contributed by atoms with van der Waals surface area (Å²) in [5, 5.41) is 0. The first-order valence-corrected chi connectivity index (χ1v) is 6.94. The van der Waals surface area contributed by atoms with Crippen LogP contribution >= 0.6 is 17.0 Å². The predicted octanol–water partition coefficient (Wildman–Crippen LogP) is 4.71. The number of nitrogens with zero attached hydrogens (tertiary/aromatic N) is 1. The van der Waals surface area contributed by atoms with Crippen LogP contribution in [0, 0.1) is 0 Å². The SMILES string of the molecule is Br.CCCCCCC(Cc1ccccc1)N(C)C. The lowest BCUT2D eigenvalue weighted by Gasteiger charge is -2.24. The van der Waals surface area contributed by atoms with Crippen molar-refractivity contribution in [3.63, 3.8) is 0 Å². The Kier molecular flexibility index (Phi) is 10.4. The van der Waals surface area contributed by atoms with E-state index in [1.54, 1.807) is 0 Å². The Bertz CT molecular complexity index is 284. The zero-order valence-corrected chi connectivity index (χ0v) is 13.8. The number of hydrogen-bond donors (Lipinski definition) is 0. The maximum atomic E-state index is 2.37. The van der Waals surface area contributed by atoms with Crippen molar-refractivity contribution in [1.29, 1.82) is 0 Å². The van der Waals surface area contributed by atoms with Gasteiger partial charge in [-0.15, -0.1) is 17.0 Å². The van der Waals surface area contributed by atoms with Crippen LogP contribution < -0.4 is 0 Å². The second kappa shape index (κ2) is 10.6. The van der Waals surface area contributed by atoms with Gasteiger partial charge in [-0.2, -0.15) is 0 Å². The van der Waals surface area contributed by atoms with Crippen LogP contribution in [0.25, 0.3) is 0 Å². The van der Waals surface area contributed by atoms with Gasteiger partial charge in [0.15, 0.2) is 0 Å². The molecule has 0 radical (unpaired) electrons. The van der Waals surface area contributed by atoms with Gasteiger partial charge in [-0.25, -0.2) is 0 Å². The Morgan fingerprint density at radius 2 is 1.67 bits per heavy atom. The van der Waals surface area contributed by atoms with E-state index in [0.29, 0.717) is 6.04 Å². The van der Waals surface area contributed by atoms with E-state index in [1.165, 1.54) is 44.1 Å². The van der Waals surface area contributed by atoms with Crippen molar-refractivity contribution in [2.45, 2.75) is 51.5 Å². The third-order valence-electron chi connectivity index (χ3n) is 3.44. The molecule has 2 heteroatoms. The highest BCUT2D eigenvalue weighted by molar-refractivity contribution is 8.93. The molecular formula is C16H28BrN. The summed E-state index contributed by atoms with van der Waals surface area (Å²) in [6, 6.07) is 11.5. The molecule has 0 heterocycles. The molecule has 1 atom stereocenters. The van der Waals surface area contributed by atoms with Crippen LogP contribution in [0.15, 0.2) is 30.3 Å². The molecule has 1 aromatic rings. The van der Waals surface area contributed by atoms with Crippen LogP contribution in [-0.4, -0.2) is 25.0 Å². The van der Waals surface area contributed by atoms with Crippen molar-refractivity contribution in [1.82, 2.24) is 4.90 Å². The number of halogens is 1. The molecule has 0 saturated carbocycles. The fourth-order valence-electron chi connectivity index (χ4n) is 2.24. The first-order chi connectivity index (χ1) is 8.24. The Labute approximate surface area is 123 Å². The van der Waals surface area contributed by atoms with E-state index in [2.05, 4.69) is 56.3 Å². The minimum atomic E-state index is 0. The van der Waals surface area contributed by atoms with Crippen molar-refractivity contribution in [3.05, 3.63) is 35.9 Å². The van der Waals surface area contributed by atoms with E-state index in [4.69, 9.17) is 0 Å². The van der Waals surface area contributed by atoms with Gasteiger partial charge in [0.25, 0.3) is 0 Å². The molecular weight excluding hydrogens is 286 g/mol. The van der Waals surface area contributed by atoms with E-state index >= 15 is 0 Å². The summed E-state index contributed by atoms with van der Waals surface area (Å²) in [6.07, 6.45) is 7.96. The molecule has 0 aliphatic heterocycles. The summed E-state index contributed by atoms with van der Waals surface area (Å²) in [5.41, 5.74) is 1.46. The van der Waals surface area contributed by atoms with Crippen molar-refractivity contribution in [2.24, 2.45) is 0 Å². The van der Waals surface area contributed by atoms with E-state index in [-0.39, 0.29) is 17.0 Å². The summed E-state index contributed by atoms with van der Waals surface area (Å²) in [6.45, 7) is 2.27. The van der Waals surface area contributed by atoms with Gasteiger partial charge in [-0.1, -0.05) is 62.9 Å². The molecule has 0 fully saturated rings. The first-order valence-electron chi connectivity index (χ1n) is 6.94. The fourth-order valence-corrected chi connectivity index (χ4v) is 2.24. The maximum Gasteiger partial charge on any atom is 0.0130 e. The zero-order chi connectivity index (χ0) is 12.5. The van der Waals surface area contributed by atoms with Crippen LogP contribution in [0.1, 0.15) is 44.6 Å². The third kappa shape index (κ3) is 7.17. The molecule has 0 spiro atoms. The van der Waals surface area contributed by atoms with Gasteiger partial charge in [0.1, 0.15) is 0 Å². The Balaban J connectivity index is 0.00000289. The van der Waals surface area contributed by atoms with E-state index in [1.807, 2.05) is 0 Å².